The third-order valence-corrected chi connectivity index (χ3v) is 2.21. The van der Waals surface area contributed by atoms with Gasteiger partial charge in [-0.15, -0.1) is 0 Å². The first-order valence-corrected chi connectivity index (χ1v) is 4.46. The number of hydrogen-bond acceptors (Lipinski definition) is 2. The second-order valence-electron chi connectivity index (χ2n) is 3.20. The fourth-order valence-electron chi connectivity index (χ4n) is 1.48. The standard InChI is InChI=1S/C11H8FNO2/c12-9-2-1-3-10-8(9)6-7(4-5-14)11(15)13-10/h1-3,5-6H,4H2,(H,13,15). The lowest BCUT2D eigenvalue weighted by Gasteiger charge is -2.01. The molecule has 0 fully saturated rings. The monoisotopic (exact) mass is 205 g/mol. The number of halogens is 1. The molecule has 1 aromatic heterocycles. The van der Waals surface area contributed by atoms with E-state index in [1.165, 1.54) is 18.2 Å². The molecule has 0 saturated heterocycles. The molecule has 1 aromatic carbocycles. The molecule has 1 N–H and O–H groups in total. The summed E-state index contributed by atoms with van der Waals surface area (Å²) in [5, 5.41) is 0.328. The average molecular weight is 205 g/mol. The van der Waals surface area contributed by atoms with Gasteiger partial charge in [-0.2, -0.15) is 0 Å². The molecule has 0 saturated carbocycles. The first-order chi connectivity index (χ1) is 7.22. The van der Waals surface area contributed by atoms with E-state index in [1.54, 1.807) is 6.07 Å². The zero-order chi connectivity index (χ0) is 10.8. The molecule has 2 rings (SSSR count). The van der Waals surface area contributed by atoms with Crippen LogP contribution in [0.25, 0.3) is 10.9 Å². The van der Waals surface area contributed by atoms with E-state index in [2.05, 4.69) is 4.98 Å². The van der Waals surface area contributed by atoms with Gasteiger partial charge in [-0.05, 0) is 18.2 Å². The van der Waals surface area contributed by atoms with Crippen LogP contribution in [0.1, 0.15) is 5.56 Å². The topological polar surface area (TPSA) is 49.9 Å². The summed E-state index contributed by atoms with van der Waals surface area (Å²) >= 11 is 0. The minimum Gasteiger partial charge on any atom is -0.322 e. The van der Waals surface area contributed by atoms with E-state index < -0.39 is 5.82 Å². The summed E-state index contributed by atoms with van der Waals surface area (Å²) in [6, 6.07) is 5.86. The van der Waals surface area contributed by atoms with Crippen LogP contribution < -0.4 is 5.56 Å². The van der Waals surface area contributed by atoms with Gasteiger partial charge in [-0.1, -0.05) is 6.07 Å². The minimum atomic E-state index is -0.407. The highest BCUT2D eigenvalue weighted by atomic mass is 19.1. The first-order valence-electron chi connectivity index (χ1n) is 4.46. The van der Waals surface area contributed by atoms with Crippen molar-refractivity contribution in [1.82, 2.24) is 4.98 Å². The zero-order valence-corrected chi connectivity index (χ0v) is 7.79. The molecule has 0 radical (unpaired) electrons. The van der Waals surface area contributed by atoms with Crippen molar-refractivity contribution in [2.24, 2.45) is 0 Å². The summed E-state index contributed by atoms with van der Waals surface area (Å²) in [7, 11) is 0. The number of fused-ring (bicyclic) bond motifs is 1. The molecule has 3 nitrogen and oxygen atoms in total. The highest BCUT2D eigenvalue weighted by Gasteiger charge is 2.05. The summed E-state index contributed by atoms with van der Waals surface area (Å²) in [6.45, 7) is 0. The molecule has 0 amide bonds. The maximum atomic E-state index is 13.3. The summed E-state index contributed by atoms with van der Waals surface area (Å²) in [6.07, 6.45) is 0.622. The zero-order valence-electron chi connectivity index (χ0n) is 7.79. The maximum Gasteiger partial charge on any atom is 0.252 e. The van der Waals surface area contributed by atoms with Crippen LogP contribution in [0.2, 0.25) is 0 Å². The predicted octanol–water partition coefficient (Wildman–Crippen LogP) is 1.41. The Balaban J connectivity index is 2.77. The Morgan fingerprint density at radius 2 is 2.20 bits per heavy atom. The van der Waals surface area contributed by atoms with Crippen molar-refractivity contribution in [3.63, 3.8) is 0 Å². The second kappa shape index (κ2) is 3.65. The van der Waals surface area contributed by atoms with Gasteiger partial charge in [0.2, 0.25) is 0 Å². The van der Waals surface area contributed by atoms with Crippen molar-refractivity contribution < 1.29 is 9.18 Å². The van der Waals surface area contributed by atoms with Crippen molar-refractivity contribution in [2.45, 2.75) is 6.42 Å². The Hall–Kier alpha value is -1.97. The number of aromatic nitrogens is 1. The number of benzene rings is 1. The number of aldehydes is 1. The normalized spacial score (nSPS) is 10.5. The molecule has 0 unspecified atom stereocenters. The number of H-pyrrole nitrogens is 1. The lowest BCUT2D eigenvalue weighted by Crippen LogP contribution is -2.12. The van der Waals surface area contributed by atoms with Crippen LogP contribution in [0.4, 0.5) is 4.39 Å². The highest BCUT2D eigenvalue weighted by Crippen LogP contribution is 2.14. The van der Waals surface area contributed by atoms with Crippen LogP contribution >= 0.6 is 0 Å². The van der Waals surface area contributed by atoms with Crippen LogP contribution in [0, 0.1) is 5.82 Å². The molecule has 0 bridgehead atoms. The van der Waals surface area contributed by atoms with E-state index in [4.69, 9.17) is 0 Å². The molecular weight excluding hydrogens is 197 g/mol. The van der Waals surface area contributed by atoms with Gasteiger partial charge in [0.05, 0.1) is 5.52 Å². The lowest BCUT2D eigenvalue weighted by atomic mass is 10.1. The molecule has 0 atom stereocenters. The molecule has 1 heterocycles. The fraction of sp³-hybridized carbons (Fsp3) is 0.0909. The van der Waals surface area contributed by atoms with Crippen molar-refractivity contribution in [2.75, 3.05) is 0 Å². The van der Waals surface area contributed by atoms with Gasteiger partial charge < -0.3 is 9.78 Å². The number of rotatable bonds is 2. The Morgan fingerprint density at radius 3 is 2.93 bits per heavy atom. The molecule has 2 aromatic rings. The van der Waals surface area contributed by atoms with Gasteiger partial charge in [0.1, 0.15) is 12.1 Å². The van der Waals surface area contributed by atoms with Gasteiger partial charge in [-0.3, -0.25) is 4.79 Å². The minimum absolute atomic E-state index is 0.000389. The summed E-state index contributed by atoms with van der Waals surface area (Å²) in [5.74, 6) is -0.407. The van der Waals surface area contributed by atoms with E-state index in [0.29, 0.717) is 17.2 Å². The molecule has 15 heavy (non-hydrogen) atoms. The van der Waals surface area contributed by atoms with Crippen LogP contribution in [0.5, 0.6) is 0 Å². The summed E-state index contributed by atoms with van der Waals surface area (Å²) in [4.78, 5) is 24.2. The Morgan fingerprint density at radius 1 is 1.40 bits per heavy atom. The van der Waals surface area contributed by atoms with Gasteiger partial charge in [0, 0.05) is 17.4 Å². The van der Waals surface area contributed by atoms with Gasteiger partial charge >= 0.3 is 0 Å². The molecule has 0 aliphatic rings. The molecule has 0 spiro atoms. The third kappa shape index (κ3) is 1.66. The third-order valence-electron chi connectivity index (χ3n) is 2.21. The summed E-state index contributed by atoms with van der Waals surface area (Å²) in [5.41, 5.74) is 0.373. The van der Waals surface area contributed by atoms with E-state index in [0.717, 1.165) is 0 Å². The Kier molecular flexibility index (Phi) is 2.33. The van der Waals surface area contributed by atoms with E-state index in [-0.39, 0.29) is 17.5 Å². The van der Waals surface area contributed by atoms with Crippen molar-refractivity contribution in [3.05, 3.63) is 46.0 Å². The van der Waals surface area contributed by atoms with Crippen LogP contribution in [-0.2, 0) is 11.2 Å². The van der Waals surface area contributed by atoms with E-state index >= 15 is 0 Å². The Bertz CT molecular complexity index is 574. The first kappa shape index (κ1) is 9.58. The number of nitrogens with one attached hydrogen (secondary N) is 1. The highest BCUT2D eigenvalue weighted by molar-refractivity contribution is 5.80. The predicted molar refractivity (Wildman–Crippen MR) is 54.3 cm³/mol. The van der Waals surface area contributed by atoms with Crippen molar-refractivity contribution in [1.29, 1.82) is 0 Å². The Labute approximate surface area is 84.6 Å². The maximum absolute atomic E-state index is 13.3. The van der Waals surface area contributed by atoms with Gasteiger partial charge in [0.25, 0.3) is 5.56 Å². The van der Waals surface area contributed by atoms with E-state index in [1.807, 2.05) is 0 Å². The number of aromatic amines is 1. The molecule has 0 aliphatic heterocycles. The number of carbonyl (C=O) groups is 1. The lowest BCUT2D eigenvalue weighted by molar-refractivity contribution is -0.107. The van der Waals surface area contributed by atoms with Crippen molar-refractivity contribution in [3.8, 4) is 0 Å². The summed E-state index contributed by atoms with van der Waals surface area (Å²) < 4.78 is 13.3. The van der Waals surface area contributed by atoms with Crippen LogP contribution in [0.15, 0.2) is 29.1 Å². The number of pyridine rings is 1. The van der Waals surface area contributed by atoms with Gasteiger partial charge in [0.15, 0.2) is 0 Å². The van der Waals surface area contributed by atoms with Crippen LogP contribution in [0.3, 0.4) is 0 Å². The quantitative estimate of drug-likeness (QED) is 0.753. The number of hydrogen-bond donors (Lipinski definition) is 1. The van der Waals surface area contributed by atoms with E-state index in [9.17, 15) is 14.0 Å². The average Bonchev–Trinajstić information content (AvgIpc) is 2.21. The van der Waals surface area contributed by atoms with Gasteiger partial charge in [-0.25, -0.2) is 4.39 Å². The molecule has 4 heteroatoms. The van der Waals surface area contributed by atoms with Crippen LogP contribution in [-0.4, -0.2) is 11.3 Å². The van der Waals surface area contributed by atoms with Crippen molar-refractivity contribution >= 4 is 17.2 Å². The molecule has 0 aliphatic carbocycles. The SMILES string of the molecule is O=CCc1cc2c(F)cccc2[nH]c1=O. The molecule has 76 valence electrons. The molecular formula is C11H8FNO2. The second-order valence-corrected chi connectivity index (χ2v) is 3.20. The number of carbonyl (C=O) groups excluding carboxylic acids is 1. The smallest absolute Gasteiger partial charge is 0.252 e. The fourth-order valence-corrected chi connectivity index (χ4v) is 1.48. The largest absolute Gasteiger partial charge is 0.322 e.